The fourth-order valence-corrected chi connectivity index (χ4v) is 2.80. The fourth-order valence-electron chi connectivity index (χ4n) is 2.80. The van der Waals surface area contributed by atoms with Crippen LogP contribution in [0, 0.1) is 0 Å². The van der Waals surface area contributed by atoms with E-state index in [1.54, 1.807) is 0 Å². The highest BCUT2D eigenvalue weighted by molar-refractivity contribution is 5.97. The monoisotopic (exact) mass is 724 g/mol. The third-order valence-corrected chi connectivity index (χ3v) is 5.45. The summed E-state index contributed by atoms with van der Waals surface area (Å²) >= 11 is 0. The van der Waals surface area contributed by atoms with Crippen LogP contribution in [0.4, 0.5) is 0 Å². The summed E-state index contributed by atoms with van der Waals surface area (Å²) in [6, 6.07) is -1.98. The fraction of sp³-hybridized carbons (Fsp3) is 0.556. The number of carbonyl (C=O) groups excluding carboxylic acids is 12. The molecular formula is C36H56N2O13. The molecule has 4 unspecified atom stereocenters. The van der Waals surface area contributed by atoms with Gasteiger partial charge < -0.3 is 10.8 Å². The Kier molecular flexibility index (Phi) is 35.7. The summed E-state index contributed by atoms with van der Waals surface area (Å²) in [6.45, 7) is 16.5. The third kappa shape index (κ3) is 49.9. The van der Waals surface area contributed by atoms with E-state index in [2.05, 4.69) is 5.32 Å². The molecule has 0 spiro atoms. The van der Waals surface area contributed by atoms with Crippen LogP contribution in [0.25, 0.3) is 0 Å². The van der Waals surface area contributed by atoms with Gasteiger partial charge in [-0.3, -0.25) is 62.9 Å². The van der Waals surface area contributed by atoms with Crippen molar-refractivity contribution in [2.45, 2.75) is 133 Å². The predicted molar refractivity (Wildman–Crippen MR) is 190 cm³/mol. The molecule has 0 aromatic rings. The first-order valence-corrected chi connectivity index (χ1v) is 15.6. The van der Waals surface area contributed by atoms with Crippen LogP contribution in [-0.4, -0.2) is 98.7 Å². The van der Waals surface area contributed by atoms with Crippen molar-refractivity contribution in [1.29, 1.82) is 0 Å². The van der Waals surface area contributed by atoms with E-state index in [-0.39, 0.29) is 95.1 Å². The van der Waals surface area contributed by atoms with E-state index in [4.69, 9.17) is 10.8 Å². The van der Waals surface area contributed by atoms with Gasteiger partial charge in [-0.2, -0.15) is 0 Å². The van der Waals surface area contributed by atoms with Crippen molar-refractivity contribution in [2.75, 3.05) is 0 Å². The van der Waals surface area contributed by atoms with Gasteiger partial charge in [-0.05, 0) is 107 Å². The maximum Gasteiger partial charge on any atom is 0.158 e. The molecule has 0 bridgehead atoms. The van der Waals surface area contributed by atoms with E-state index in [0.29, 0.717) is 0 Å². The van der Waals surface area contributed by atoms with E-state index in [9.17, 15) is 57.5 Å². The Hall–Kier alpha value is -4.60. The Labute approximate surface area is 300 Å². The summed E-state index contributed by atoms with van der Waals surface area (Å²) in [6.07, 6.45) is 4.09. The van der Waals surface area contributed by atoms with Gasteiger partial charge in [-0.1, -0.05) is 0 Å². The molecule has 0 amide bonds. The van der Waals surface area contributed by atoms with Crippen molar-refractivity contribution in [1.82, 2.24) is 5.32 Å². The Morgan fingerprint density at radius 2 is 0.686 bits per heavy atom. The van der Waals surface area contributed by atoms with Gasteiger partial charge >= 0.3 is 0 Å². The lowest BCUT2D eigenvalue weighted by atomic mass is 10.0. The molecular weight excluding hydrogens is 668 g/mol. The molecule has 15 nitrogen and oxygen atoms in total. The van der Waals surface area contributed by atoms with Gasteiger partial charge in [0.2, 0.25) is 0 Å². The summed E-state index contributed by atoms with van der Waals surface area (Å²) < 4.78 is 0. The van der Waals surface area contributed by atoms with Crippen LogP contribution in [0.15, 0.2) is 24.3 Å². The number of hydrogen-bond donors (Lipinski definition) is 3. The number of aliphatic hydroxyl groups is 1. The van der Waals surface area contributed by atoms with Crippen molar-refractivity contribution in [3.05, 3.63) is 24.3 Å². The van der Waals surface area contributed by atoms with Crippen LogP contribution in [0.3, 0.4) is 0 Å². The highest BCUT2D eigenvalue weighted by Gasteiger charge is 2.24. The van der Waals surface area contributed by atoms with E-state index in [0.717, 1.165) is 0 Å². The Balaban J connectivity index is -0.000000180. The molecule has 4 atom stereocenters. The number of nitrogens with two attached hydrogens (primary N) is 1. The van der Waals surface area contributed by atoms with Crippen LogP contribution in [0.2, 0.25) is 0 Å². The lowest BCUT2D eigenvalue weighted by Crippen LogP contribution is -2.47. The molecule has 0 saturated heterocycles. The summed E-state index contributed by atoms with van der Waals surface area (Å²) in [5, 5.41) is 11.5. The molecule has 0 aliphatic rings. The minimum Gasteiger partial charge on any atom is -0.385 e. The number of rotatable bonds is 18. The molecule has 0 aromatic carbocycles. The highest BCUT2D eigenvalue weighted by Crippen LogP contribution is 2.02. The molecule has 0 radical (unpaired) electrons. The third-order valence-electron chi connectivity index (χ3n) is 5.45. The maximum atomic E-state index is 11.3. The van der Waals surface area contributed by atoms with E-state index in [1.165, 1.54) is 107 Å². The van der Waals surface area contributed by atoms with Crippen molar-refractivity contribution >= 4 is 69.4 Å². The first-order valence-electron chi connectivity index (χ1n) is 15.6. The van der Waals surface area contributed by atoms with Crippen LogP contribution in [0.1, 0.15) is 109 Å². The zero-order chi connectivity index (χ0) is 41.6. The molecule has 0 aliphatic heterocycles. The van der Waals surface area contributed by atoms with Gasteiger partial charge in [-0.25, -0.2) is 0 Å². The summed E-state index contributed by atoms with van der Waals surface area (Å²) in [7, 11) is 0. The number of carbonyl (C=O) groups is 12. The Bertz CT molecular complexity index is 1180. The minimum atomic E-state index is -1.09. The summed E-state index contributed by atoms with van der Waals surface area (Å²) in [4.78, 5) is 126. The molecule has 288 valence electrons. The van der Waals surface area contributed by atoms with Crippen molar-refractivity contribution in [3.8, 4) is 0 Å². The SMILES string of the molecule is CC(=O)/C=C/C(C)=O.CC(=O)/C=C\C(C)=O.CC(=O)CC(N)C(C)=O.CC(=O)CC(NC(CC(C)=O)C(C)=O)C(C)=O.CC(=O)CC(O)C(C)=O. The predicted octanol–water partition coefficient (Wildman–Crippen LogP) is 1.69. The van der Waals surface area contributed by atoms with Crippen LogP contribution in [0.5, 0.6) is 0 Å². The Morgan fingerprint density at radius 3 is 0.804 bits per heavy atom. The second-order valence-electron chi connectivity index (χ2n) is 11.6. The number of nitrogens with one attached hydrogen (secondary N) is 1. The first kappa shape index (κ1) is 55.8. The number of ketones is 12. The second kappa shape index (κ2) is 32.6. The van der Waals surface area contributed by atoms with E-state index < -0.39 is 24.2 Å². The van der Waals surface area contributed by atoms with E-state index >= 15 is 0 Å². The summed E-state index contributed by atoms with van der Waals surface area (Å²) in [5.41, 5.74) is 5.25. The number of Topliss-reactive ketones (excluding diaryl/α,β-unsaturated/α-hetero) is 8. The largest absolute Gasteiger partial charge is 0.385 e. The molecule has 0 saturated carbocycles. The molecule has 0 aliphatic carbocycles. The molecule has 51 heavy (non-hydrogen) atoms. The first-order chi connectivity index (χ1) is 23.1. The van der Waals surface area contributed by atoms with Crippen molar-refractivity contribution < 1.29 is 62.6 Å². The van der Waals surface area contributed by atoms with Gasteiger partial charge in [-0.15, -0.1) is 0 Å². The van der Waals surface area contributed by atoms with Gasteiger partial charge in [0.15, 0.2) is 28.9 Å². The number of hydrogen-bond acceptors (Lipinski definition) is 15. The van der Waals surface area contributed by atoms with Crippen molar-refractivity contribution in [2.24, 2.45) is 5.73 Å². The molecule has 4 N–H and O–H groups in total. The molecule has 15 heteroatoms. The molecule has 0 aromatic heterocycles. The quantitative estimate of drug-likeness (QED) is 0.170. The average molecular weight is 725 g/mol. The highest BCUT2D eigenvalue weighted by atomic mass is 16.3. The standard InChI is InChI=1S/C12H19NO4.C6H11NO2.C6H10O3.2C6H8O2/c1-7(14)5-11(9(3)16)13-12(10(4)17)6-8(2)15;1-4(8)3-6(7)5(2)9;1-4(7)3-6(9)5(2)8;2*1-5(7)3-4-6(2)8/h11-13H,5-6H2,1-4H3;6H,3,7H2,1-2H3;6,9H,3H2,1-2H3;2*3-4H,1-2H3/b;;;4-3+;4-3-. The Morgan fingerprint density at radius 1 is 0.431 bits per heavy atom. The molecule has 0 rings (SSSR count). The van der Waals surface area contributed by atoms with Gasteiger partial charge in [0, 0.05) is 25.7 Å². The average Bonchev–Trinajstić information content (AvgIpc) is 2.94. The summed E-state index contributed by atoms with van der Waals surface area (Å²) in [5.74, 6) is -1.79. The van der Waals surface area contributed by atoms with Crippen LogP contribution in [-0.2, 0) is 57.5 Å². The topological polar surface area (TPSA) is 263 Å². The van der Waals surface area contributed by atoms with Crippen LogP contribution >= 0.6 is 0 Å². The van der Waals surface area contributed by atoms with E-state index in [1.807, 2.05) is 0 Å². The molecule has 0 fully saturated rings. The second-order valence-corrected chi connectivity index (χ2v) is 11.6. The van der Waals surface area contributed by atoms with Gasteiger partial charge in [0.05, 0.1) is 18.1 Å². The zero-order valence-electron chi connectivity index (χ0n) is 31.9. The maximum absolute atomic E-state index is 11.3. The lowest BCUT2D eigenvalue weighted by Gasteiger charge is -2.20. The zero-order valence-corrected chi connectivity index (χ0v) is 31.9. The van der Waals surface area contributed by atoms with Gasteiger partial charge in [0.1, 0.15) is 46.6 Å². The van der Waals surface area contributed by atoms with Gasteiger partial charge in [0.25, 0.3) is 0 Å². The lowest BCUT2D eigenvalue weighted by molar-refractivity contribution is -0.129. The smallest absolute Gasteiger partial charge is 0.158 e. The normalized spacial score (nSPS) is 12.2. The van der Waals surface area contributed by atoms with Crippen LogP contribution < -0.4 is 11.1 Å². The van der Waals surface area contributed by atoms with Crippen molar-refractivity contribution in [3.63, 3.8) is 0 Å². The number of allylic oxidation sites excluding steroid dienone is 4. The molecule has 0 heterocycles. The minimum absolute atomic E-state index is 0.0387. The number of aliphatic hydroxyl groups excluding tert-OH is 1.